The SMILES string of the molecule is CC(=O)N[C@H]1[C@H]([C@H](O)[C@H](O)CO)O[C@@](O)(C(=O)O)C[C@@H]1O.O. The molecule has 0 aromatic heterocycles. The lowest BCUT2D eigenvalue weighted by molar-refractivity contribution is -0.295. The molecule has 22 heavy (non-hydrogen) atoms. The maximum Gasteiger partial charge on any atom is 0.364 e. The fourth-order valence-corrected chi connectivity index (χ4v) is 2.14. The van der Waals surface area contributed by atoms with E-state index in [9.17, 15) is 30.0 Å². The zero-order chi connectivity index (χ0) is 16.4. The minimum absolute atomic E-state index is 0. The number of hydrogen-bond acceptors (Lipinski definition) is 8. The number of carboxylic acid groups (broad SMARTS) is 1. The van der Waals surface area contributed by atoms with Crippen molar-refractivity contribution in [2.75, 3.05) is 6.61 Å². The van der Waals surface area contributed by atoms with E-state index in [4.69, 9.17) is 14.9 Å². The van der Waals surface area contributed by atoms with Crippen molar-refractivity contribution in [3.8, 4) is 0 Å². The van der Waals surface area contributed by atoms with Crippen molar-refractivity contribution in [2.24, 2.45) is 0 Å². The number of aliphatic hydroxyl groups is 5. The van der Waals surface area contributed by atoms with Gasteiger partial charge in [0.25, 0.3) is 5.79 Å². The number of carbonyl (C=O) groups is 2. The van der Waals surface area contributed by atoms with Gasteiger partial charge >= 0.3 is 5.97 Å². The van der Waals surface area contributed by atoms with E-state index >= 15 is 0 Å². The third kappa shape index (κ3) is 4.33. The number of carboxylic acids is 1. The van der Waals surface area contributed by atoms with Crippen molar-refractivity contribution in [2.45, 2.75) is 49.6 Å². The molecule has 1 aliphatic rings. The normalized spacial score (nSPS) is 34.2. The third-order valence-corrected chi connectivity index (χ3v) is 3.21. The Kier molecular flexibility index (Phi) is 7.31. The number of amides is 1. The Morgan fingerprint density at radius 2 is 1.95 bits per heavy atom. The van der Waals surface area contributed by atoms with Crippen LogP contribution in [0.25, 0.3) is 0 Å². The zero-order valence-corrected chi connectivity index (χ0v) is 11.7. The van der Waals surface area contributed by atoms with Crippen LogP contribution in [0.2, 0.25) is 0 Å². The van der Waals surface area contributed by atoms with Gasteiger partial charge in [-0.2, -0.15) is 0 Å². The van der Waals surface area contributed by atoms with Gasteiger partial charge in [0.1, 0.15) is 18.3 Å². The van der Waals surface area contributed by atoms with E-state index in [0.717, 1.165) is 6.92 Å². The molecule has 11 heteroatoms. The Morgan fingerprint density at radius 3 is 2.36 bits per heavy atom. The van der Waals surface area contributed by atoms with E-state index in [1.54, 1.807) is 0 Å². The highest BCUT2D eigenvalue weighted by Gasteiger charge is 2.53. The van der Waals surface area contributed by atoms with E-state index in [1.807, 2.05) is 0 Å². The number of aliphatic carboxylic acids is 1. The molecule has 0 saturated carbocycles. The van der Waals surface area contributed by atoms with E-state index < -0.39 is 61.1 Å². The average Bonchev–Trinajstić information content (AvgIpc) is 2.39. The highest BCUT2D eigenvalue weighted by atomic mass is 16.7. The Hall–Kier alpha value is -1.34. The molecular formula is C11H21NO10. The van der Waals surface area contributed by atoms with Gasteiger partial charge in [-0.05, 0) is 0 Å². The quantitative estimate of drug-likeness (QED) is 0.258. The van der Waals surface area contributed by atoms with Crippen LogP contribution >= 0.6 is 0 Å². The number of nitrogens with one attached hydrogen (secondary N) is 1. The Morgan fingerprint density at radius 1 is 1.41 bits per heavy atom. The first-order valence-electron chi connectivity index (χ1n) is 6.18. The summed E-state index contributed by atoms with van der Waals surface area (Å²) in [5.74, 6) is -5.17. The molecule has 0 spiro atoms. The minimum Gasteiger partial charge on any atom is -0.477 e. The molecule has 9 N–H and O–H groups in total. The molecule has 6 atom stereocenters. The van der Waals surface area contributed by atoms with Crippen LogP contribution in [0.4, 0.5) is 0 Å². The van der Waals surface area contributed by atoms with Crippen LogP contribution in [0.3, 0.4) is 0 Å². The Labute approximate surface area is 125 Å². The van der Waals surface area contributed by atoms with E-state index in [2.05, 4.69) is 5.32 Å². The van der Waals surface area contributed by atoms with Crippen molar-refractivity contribution >= 4 is 11.9 Å². The predicted octanol–water partition coefficient (Wildman–Crippen LogP) is -4.70. The molecule has 1 fully saturated rings. The van der Waals surface area contributed by atoms with Gasteiger partial charge in [0.2, 0.25) is 5.91 Å². The van der Waals surface area contributed by atoms with Crippen LogP contribution in [0.1, 0.15) is 13.3 Å². The minimum atomic E-state index is -2.78. The van der Waals surface area contributed by atoms with Crippen molar-refractivity contribution in [3.63, 3.8) is 0 Å². The third-order valence-electron chi connectivity index (χ3n) is 3.21. The first kappa shape index (κ1) is 20.7. The molecule has 0 aliphatic carbocycles. The Bertz CT molecular complexity index is 404. The summed E-state index contributed by atoms with van der Waals surface area (Å²) in [6.07, 6.45) is -7.48. The van der Waals surface area contributed by atoms with Gasteiger partial charge in [-0.15, -0.1) is 0 Å². The molecular weight excluding hydrogens is 306 g/mol. The highest BCUT2D eigenvalue weighted by molar-refractivity contribution is 5.76. The maximum absolute atomic E-state index is 11.1. The van der Waals surface area contributed by atoms with Gasteiger partial charge < -0.3 is 46.2 Å². The highest BCUT2D eigenvalue weighted by Crippen LogP contribution is 2.30. The summed E-state index contributed by atoms with van der Waals surface area (Å²) in [5.41, 5.74) is 0. The number of hydrogen-bond donors (Lipinski definition) is 7. The lowest BCUT2D eigenvalue weighted by atomic mass is 9.88. The molecule has 1 aliphatic heterocycles. The summed E-state index contributed by atoms with van der Waals surface area (Å²) in [6, 6.07) is -1.27. The monoisotopic (exact) mass is 327 g/mol. The summed E-state index contributed by atoms with van der Waals surface area (Å²) in [6.45, 7) is 0.256. The Balaban J connectivity index is 0.00000441. The predicted molar refractivity (Wildman–Crippen MR) is 68.4 cm³/mol. The number of rotatable bonds is 5. The van der Waals surface area contributed by atoms with Gasteiger partial charge in [-0.3, -0.25) is 4.79 Å². The lowest BCUT2D eigenvalue weighted by Crippen LogP contribution is -2.67. The van der Waals surface area contributed by atoms with Crippen LogP contribution in [0.5, 0.6) is 0 Å². The summed E-state index contributed by atoms with van der Waals surface area (Å²) in [4.78, 5) is 22.1. The van der Waals surface area contributed by atoms with Crippen LogP contribution in [0.15, 0.2) is 0 Å². The second kappa shape index (κ2) is 7.78. The van der Waals surface area contributed by atoms with Gasteiger partial charge in [0.05, 0.1) is 18.8 Å². The van der Waals surface area contributed by atoms with Gasteiger partial charge in [-0.25, -0.2) is 4.79 Å². The standard InChI is InChI=1S/C11H19NO9.H2O/c1-4(14)12-7-5(15)2-11(20,10(18)19)21-9(7)8(17)6(16)3-13;/h5-9,13,15-17,20H,2-3H2,1H3,(H,12,14)(H,18,19);1H2/t5-,6+,7+,8+,9+,11+;/m0./s1. The maximum atomic E-state index is 11.1. The second-order valence-corrected chi connectivity index (χ2v) is 4.91. The first-order valence-corrected chi connectivity index (χ1v) is 6.18. The lowest BCUT2D eigenvalue weighted by Gasteiger charge is -2.44. The van der Waals surface area contributed by atoms with E-state index in [-0.39, 0.29) is 5.48 Å². The van der Waals surface area contributed by atoms with Crippen LogP contribution < -0.4 is 5.32 Å². The fourth-order valence-electron chi connectivity index (χ4n) is 2.14. The molecule has 0 bridgehead atoms. The summed E-state index contributed by atoms with van der Waals surface area (Å²) in [7, 11) is 0. The fraction of sp³-hybridized carbons (Fsp3) is 0.818. The van der Waals surface area contributed by atoms with Crippen molar-refractivity contribution in [1.82, 2.24) is 5.32 Å². The zero-order valence-electron chi connectivity index (χ0n) is 11.7. The molecule has 0 aromatic carbocycles. The van der Waals surface area contributed by atoms with Gasteiger partial charge in [0, 0.05) is 13.3 Å². The molecule has 0 unspecified atom stereocenters. The molecule has 1 heterocycles. The van der Waals surface area contributed by atoms with Crippen molar-refractivity contribution in [3.05, 3.63) is 0 Å². The van der Waals surface area contributed by atoms with Crippen molar-refractivity contribution < 1.29 is 50.4 Å². The molecule has 1 rings (SSSR count). The van der Waals surface area contributed by atoms with Gasteiger partial charge in [-0.1, -0.05) is 0 Å². The average molecular weight is 327 g/mol. The van der Waals surface area contributed by atoms with Crippen LogP contribution in [-0.2, 0) is 14.3 Å². The van der Waals surface area contributed by atoms with E-state index in [0.29, 0.717) is 0 Å². The summed E-state index contributed by atoms with van der Waals surface area (Å²) >= 11 is 0. The first-order chi connectivity index (χ1) is 9.62. The number of aliphatic hydroxyl groups excluding tert-OH is 4. The molecule has 130 valence electrons. The summed E-state index contributed by atoms with van der Waals surface area (Å²) < 4.78 is 4.86. The number of ether oxygens (including phenoxy) is 1. The second-order valence-electron chi connectivity index (χ2n) is 4.91. The summed E-state index contributed by atoms with van der Waals surface area (Å²) in [5, 5.41) is 59.0. The van der Waals surface area contributed by atoms with Gasteiger partial charge in [0.15, 0.2) is 0 Å². The molecule has 1 saturated heterocycles. The molecule has 0 aromatic rings. The molecule has 1 amide bonds. The smallest absolute Gasteiger partial charge is 0.364 e. The van der Waals surface area contributed by atoms with E-state index in [1.165, 1.54) is 0 Å². The number of carbonyl (C=O) groups excluding carboxylic acids is 1. The molecule has 11 nitrogen and oxygen atoms in total. The van der Waals surface area contributed by atoms with Crippen LogP contribution in [-0.4, -0.2) is 90.8 Å². The molecule has 0 radical (unpaired) electrons. The largest absolute Gasteiger partial charge is 0.477 e. The van der Waals surface area contributed by atoms with Crippen molar-refractivity contribution in [1.29, 1.82) is 0 Å². The van der Waals surface area contributed by atoms with Crippen LogP contribution in [0, 0.1) is 0 Å². The topological polar surface area (TPSA) is 208 Å².